The molecule has 0 unspecified atom stereocenters. The van der Waals surface area contributed by atoms with Crippen LogP contribution < -0.4 is 16.6 Å². The fourth-order valence-electron chi connectivity index (χ4n) is 4.96. The molecule has 8 nitrogen and oxygen atoms in total. The SMILES string of the molecule is C[C@H]1Nc2nc(=O)n(c3c2cc(C2(C#N)CC2)c(=O)n3C)CCCCOCC(F)(F)c2cccc1c2F. The highest BCUT2D eigenvalue weighted by Gasteiger charge is 2.47. The molecule has 5 rings (SSSR count). The van der Waals surface area contributed by atoms with E-state index in [9.17, 15) is 23.6 Å². The van der Waals surface area contributed by atoms with Gasteiger partial charge in [0.2, 0.25) is 0 Å². The maximum Gasteiger partial charge on any atom is 0.351 e. The number of ether oxygens (including phenoxy) is 1. The average Bonchev–Trinajstić information content (AvgIpc) is 3.65. The number of nitrogens with zero attached hydrogens (tertiary/aromatic N) is 4. The van der Waals surface area contributed by atoms with Gasteiger partial charge in [-0.25, -0.2) is 9.18 Å². The number of rotatable bonds is 1. The molecule has 11 heteroatoms. The molecule has 0 spiro atoms. The first-order valence-corrected chi connectivity index (χ1v) is 12.2. The number of hydrogen-bond donors (Lipinski definition) is 1. The van der Waals surface area contributed by atoms with Crippen LogP contribution in [0.1, 0.15) is 55.3 Å². The van der Waals surface area contributed by atoms with Crippen LogP contribution in [0, 0.1) is 17.1 Å². The number of fused-ring (bicyclic) bond motifs is 8. The lowest BCUT2D eigenvalue weighted by atomic mass is 9.97. The maximum atomic E-state index is 15.3. The highest BCUT2D eigenvalue weighted by Crippen LogP contribution is 2.47. The van der Waals surface area contributed by atoms with Crippen LogP contribution >= 0.6 is 0 Å². The zero-order valence-electron chi connectivity index (χ0n) is 20.5. The summed E-state index contributed by atoms with van der Waals surface area (Å²) in [5.41, 5.74) is -2.07. The highest BCUT2D eigenvalue weighted by atomic mass is 19.3. The summed E-state index contributed by atoms with van der Waals surface area (Å²) in [4.78, 5) is 30.6. The summed E-state index contributed by atoms with van der Waals surface area (Å²) < 4.78 is 52.8. The van der Waals surface area contributed by atoms with E-state index in [4.69, 9.17) is 4.74 Å². The number of nitriles is 1. The fraction of sp³-hybridized carbons (Fsp3) is 0.462. The van der Waals surface area contributed by atoms with Crippen molar-refractivity contribution in [1.82, 2.24) is 14.1 Å². The van der Waals surface area contributed by atoms with Gasteiger partial charge in [0.15, 0.2) is 0 Å². The Morgan fingerprint density at radius 2 is 1.97 bits per heavy atom. The van der Waals surface area contributed by atoms with Crippen molar-refractivity contribution in [3.63, 3.8) is 0 Å². The van der Waals surface area contributed by atoms with Gasteiger partial charge in [-0.3, -0.25) is 13.9 Å². The van der Waals surface area contributed by atoms with Crippen molar-refractivity contribution in [1.29, 1.82) is 5.26 Å². The topological polar surface area (TPSA) is 102 Å². The third kappa shape index (κ3) is 4.19. The molecule has 1 aromatic carbocycles. The predicted molar refractivity (Wildman–Crippen MR) is 130 cm³/mol. The Morgan fingerprint density at radius 1 is 1.22 bits per heavy atom. The van der Waals surface area contributed by atoms with Crippen molar-refractivity contribution >= 4 is 16.9 Å². The second-order valence-corrected chi connectivity index (χ2v) is 9.79. The van der Waals surface area contributed by atoms with E-state index in [1.165, 1.54) is 28.3 Å². The van der Waals surface area contributed by atoms with Gasteiger partial charge in [-0.15, -0.1) is 0 Å². The van der Waals surface area contributed by atoms with E-state index in [1.807, 2.05) is 0 Å². The number of aryl methyl sites for hydroxylation is 2. The maximum absolute atomic E-state index is 15.3. The van der Waals surface area contributed by atoms with Crippen LogP contribution in [-0.2, 0) is 29.7 Å². The Hall–Kier alpha value is -3.65. The van der Waals surface area contributed by atoms with Gasteiger partial charge in [-0.2, -0.15) is 19.0 Å². The highest BCUT2D eigenvalue weighted by molar-refractivity contribution is 5.88. The summed E-state index contributed by atoms with van der Waals surface area (Å²) in [6, 6.07) is 6.72. The Morgan fingerprint density at radius 3 is 2.68 bits per heavy atom. The Bertz CT molecular complexity index is 1550. The quantitative estimate of drug-likeness (QED) is 0.530. The van der Waals surface area contributed by atoms with Gasteiger partial charge in [0.05, 0.1) is 28.5 Å². The molecular weight excluding hydrogens is 487 g/mol. The van der Waals surface area contributed by atoms with Gasteiger partial charge in [0, 0.05) is 31.3 Å². The van der Waals surface area contributed by atoms with Crippen molar-refractivity contribution in [3.05, 3.63) is 67.6 Å². The molecule has 1 fully saturated rings. The van der Waals surface area contributed by atoms with E-state index in [1.54, 1.807) is 13.0 Å². The molecule has 0 radical (unpaired) electrons. The fourth-order valence-corrected chi connectivity index (χ4v) is 4.96. The monoisotopic (exact) mass is 513 g/mol. The molecule has 37 heavy (non-hydrogen) atoms. The molecular formula is C26H26F3N5O3. The third-order valence-electron chi connectivity index (χ3n) is 7.26. The van der Waals surface area contributed by atoms with Crippen molar-refractivity contribution in [2.45, 2.75) is 56.5 Å². The van der Waals surface area contributed by atoms with Crippen LogP contribution in [0.5, 0.6) is 0 Å². The van der Waals surface area contributed by atoms with Crippen molar-refractivity contribution in [2.75, 3.05) is 18.5 Å². The molecule has 2 aliphatic rings. The second kappa shape index (κ2) is 9.03. The molecule has 194 valence electrons. The standard InChI is InChI=1S/C26H26F3N5O3/c1-15-16-6-5-7-18(20(16)27)26(28,29)14-37-11-4-3-10-34-22-17(21(31-15)32-24(34)36)12-19(23(35)33(22)2)25(13-30)8-9-25/h5-7,12,15H,3-4,8-11,14H2,1-2H3,(H,31,32,36)/t15-/m1/s1. The number of aromatic nitrogens is 3. The zero-order chi connectivity index (χ0) is 26.5. The number of benzene rings is 1. The van der Waals surface area contributed by atoms with Crippen molar-refractivity contribution in [2.24, 2.45) is 7.05 Å². The summed E-state index contributed by atoms with van der Waals surface area (Å²) in [5.74, 6) is -4.51. The summed E-state index contributed by atoms with van der Waals surface area (Å²) >= 11 is 0. The minimum Gasteiger partial charge on any atom is -0.375 e. The van der Waals surface area contributed by atoms with Crippen LogP contribution in [0.25, 0.3) is 11.0 Å². The summed E-state index contributed by atoms with van der Waals surface area (Å²) in [6.07, 6.45) is 1.84. The first kappa shape index (κ1) is 25.0. The molecule has 0 amide bonds. The first-order valence-electron chi connectivity index (χ1n) is 12.2. The second-order valence-electron chi connectivity index (χ2n) is 9.79. The number of nitrogens with one attached hydrogen (secondary N) is 1. The first-order chi connectivity index (χ1) is 17.6. The van der Waals surface area contributed by atoms with E-state index in [2.05, 4.69) is 16.4 Å². The Kier molecular flexibility index (Phi) is 6.10. The molecule has 1 aliphatic heterocycles. The van der Waals surface area contributed by atoms with Crippen LogP contribution in [0.4, 0.5) is 19.0 Å². The van der Waals surface area contributed by atoms with Gasteiger partial charge in [0.1, 0.15) is 23.9 Å². The largest absolute Gasteiger partial charge is 0.375 e. The van der Waals surface area contributed by atoms with Crippen molar-refractivity contribution < 1.29 is 17.9 Å². The van der Waals surface area contributed by atoms with E-state index in [-0.39, 0.29) is 30.1 Å². The lowest BCUT2D eigenvalue weighted by Gasteiger charge is -2.23. The third-order valence-corrected chi connectivity index (χ3v) is 7.26. The molecule has 0 saturated heterocycles. The Balaban J connectivity index is 1.74. The molecule has 3 aromatic rings. The van der Waals surface area contributed by atoms with E-state index < -0.39 is 41.1 Å². The number of halogens is 3. The molecule has 2 aromatic heterocycles. The van der Waals surface area contributed by atoms with Gasteiger partial charge >= 0.3 is 5.69 Å². The summed E-state index contributed by atoms with van der Waals surface area (Å²) in [7, 11) is 1.54. The van der Waals surface area contributed by atoms with E-state index in [0.29, 0.717) is 42.3 Å². The number of hydrogen-bond acceptors (Lipinski definition) is 6. The molecule has 1 atom stereocenters. The van der Waals surface area contributed by atoms with Gasteiger partial charge in [-0.1, -0.05) is 12.1 Å². The van der Waals surface area contributed by atoms with Crippen LogP contribution in [-0.4, -0.2) is 27.3 Å². The smallest absolute Gasteiger partial charge is 0.351 e. The van der Waals surface area contributed by atoms with Gasteiger partial charge < -0.3 is 10.1 Å². The summed E-state index contributed by atoms with van der Waals surface area (Å²) in [6.45, 7) is 0.771. The minimum atomic E-state index is -3.53. The molecule has 1 aliphatic carbocycles. The van der Waals surface area contributed by atoms with E-state index >= 15 is 4.39 Å². The summed E-state index contributed by atoms with van der Waals surface area (Å²) in [5, 5.41) is 13.1. The molecule has 1 saturated carbocycles. The van der Waals surface area contributed by atoms with Gasteiger partial charge in [-0.05, 0) is 44.7 Å². The van der Waals surface area contributed by atoms with Crippen LogP contribution in [0.15, 0.2) is 33.9 Å². The average molecular weight is 514 g/mol. The predicted octanol–water partition coefficient (Wildman–Crippen LogP) is 3.86. The van der Waals surface area contributed by atoms with Crippen molar-refractivity contribution in [3.8, 4) is 6.07 Å². The minimum absolute atomic E-state index is 0.0131. The lowest BCUT2D eigenvalue weighted by molar-refractivity contribution is -0.0853. The zero-order valence-corrected chi connectivity index (χ0v) is 20.5. The number of anilines is 1. The van der Waals surface area contributed by atoms with E-state index in [0.717, 1.165) is 6.07 Å². The van der Waals surface area contributed by atoms with Crippen LogP contribution in [0.2, 0.25) is 0 Å². The lowest BCUT2D eigenvalue weighted by Crippen LogP contribution is -2.33. The normalized spacial score (nSPS) is 20.8. The molecule has 4 bridgehead atoms. The number of alkyl halides is 2. The number of pyridine rings is 1. The molecule has 3 heterocycles. The van der Waals surface area contributed by atoms with Crippen LogP contribution in [0.3, 0.4) is 0 Å². The molecule has 1 N–H and O–H groups in total. The Labute approximate surface area is 210 Å². The van der Waals surface area contributed by atoms with Gasteiger partial charge in [0.25, 0.3) is 11.5 Å².